The van der Waals surface area contributed by atoms with Crippen LogP contribution in [0.1, 0.15) is 26.7 Å². The van der Waals surface area contributed by atoms with E-state index in [0.717, 1.165) is 12.1 Å². The summed E-state index contributed by atoms with van der Waals surface area (Å²) in [6, 6.07) is 7.34. The van der Waals surface area contributed by atoms with E-state index in [9.17, 15) is 4.79 Å². The van der Waals surface area contributed by atoms with Gasteiger partial charge in [0.2, 0.25) is 5.91 Å². The zero-order valence-corrected chi connectivity index (χ0v) is 11.2. The minimum Gasteiger partial charge on any atom is -0.399 e. The Hall–Kier alpha value is -1.55. The van der Waals surface area contributed by atoms with Gasteiger partial charge in [-0.25, -0.2) is 0 Å². The number of carbonyl (C=O) groups excluding carboxylic acids is 1. The highest BCUT2D eigenvalue weighted by molar-refractivity contribution is 5.93. The number of nitrogen functional groups attached to an aromatic ring is 1. The van der Waals surface area contributed by atoms with E-state index in [1.54, 1.807) is 17.0 Å². The number of nitrogens with two attached hydrogens (primary N) is 1. The second-order valence-electron chi connectivity index (χ2n) is 4.09. The van der Waals surface area contributed by atoms with Crippen LogP contribution in [0, 0.1) is 0 Å². The highest BCUT2D eigenvalue weighted by Gasteiger charge is 2.13. The van der Waals surface area contributed by atoms with Gasteiger partial charge < -0.3 is 15.4 Å². The smallest absolute Gasteiger partial charge is 0.229 e. The minimum atomic E-state index is 0.0818. The second kappa shape index (κ2) is 7.71. The van der Waals surface area contributed by atoms with Crippen LogP contribution in [-0.2, 0) is 9.53 Å². The Balaban J connectivity index is 2.54. The molecule has 0 radical (unpaired) electrons. The van der Waals surface area contributed by atoms with Gasteiger partial charge in [-0.3, -0.25) is 4.79 Å². The Labute approximate surface area is 109 Å². The third-order valence-electron chi connectivity index (χ3n) is 2.63. The normalized spacial score (nSPS) is 10.3. The fourth-order valence-electron chi connectivity index (χ4n) is 1.70. The molecule has 0 fully saturated rings. The standard InChI is InChI=1S/C14H22N2O2/c1-3-10-18-11-9-14(17)16(4-2)13-7-5-12(15)6-8-13/h5-8H,3-4,9-11,15H2,1-2H3. The molecule has 18 heavy (non-hydrogen) atoms. The number of benzene rings is 1. The average molecular weight is 250 g/mol. The van der Waals surface area contributed by atoms with Gasteiger partial charge in [-0.1, -0.05) is 6.92 Å². The first kappa shape index (κ1) is 14.5. The van der Waals surface area contributed by atoms with E-state index >= 15 is 0 Å². The third-order valence-corrected chi connectivity index (χ3v) is 2.63. The topological polar surface area (TPSA) is 55.6 Å². The molecule has 0 bridgehead atoms. The lowest BCUT2D eigenvalue weighted by Gasteiger charge is -2.21. The Bertz CT molecular complexity index is 363. The third kappa shape index (κ3) is 4.37. The summed E-state index contributed by atoms with van der Waals surface area (Å²) in [5.74, 6) is 0.0818. The van der Waals surface area contributed by atoms with E-state index in [4.69, 9.17) is 10.5 Å². The largest absolute Gasteiger partial charge is 0.399 e. The Morgan fingerprint density at radius 1 is 1.22 bits per heavy atom. The van der Waals surface area contributed by atoms with Gasteiger partial charge in [0, 0.05) is 24.5 Å². The number of rotatable bonds is 7. The van der Waals surface area contributed by atoms with Crippen LogP contribution in [0.4, 0.5) is 11.4 Å². The molecule has 100 valence electrons. The lowest BCUT2D eigenvalue weighted by molar-refractivity contribution is -0.119. The highest BCUT2D eigenvalue weighted by atomic mass is 16.5. The summed E-state index contributed by atoms with van der Waals surface area (Å²) in [6.45, 7) is 5.85. The van der Waals surface area contributed by atoms with Crippen molar-refractivity contribution in [3.63, 3.8) is 0 Å². The molecular weight excluding hydrogens is 228 g/mol. The van der Waals surface area contributed by atoms with Crippen molar-refractivity contribution in [1.82, 2.24) is 0 Å². The quantitative estimate of drug-likeness (QED) is 0.597. The first-order chi connectivity index (χ1) is 8.69. The second-order valence-corrected chi connectivity index (χ2v) is 4.09. The predicted molar refractivity (Wildman–Crippen MR) is 74.6 cm³/mol. The summed E-state index contributed by atoms with van der Waals surface area (Å²) >= 11 is 0. The summed E-state index contributed by atoms with van der Waals surface area (Å²) in [5.41, 5.74) is 7.22. The zero-order valence-electron chi connectivity index (χ0n) is 11.2. The maximum atomic E-state index is 12.0. The zero-order chi connectivity index (χ0) is 13.4. The molecule has 0 saturated carbocycles. The summed E-state index contributed by atoms with van der Waals surface area (Å²) in [5, 5.41) is 0. The van der Waals surface area contributed by atoms with Crippen LogP contribution in [0.25, 0.3) is 0 Å². The van der Waals surface area contributed by atoms with E-state index in [1.807, 2.05) is 19.1 Å². The van der Waals surface area contributed by atoms with Crippen molar-refractivity contribution < 1.29 is 9.53 Å². The van der Waals surface area contributed by atoms with E-state index in [1.165, 1.54) is 0 Å². The molecule has 1 aromatic rings. The summed E-state index contributed by atoms with van der Waals surface area (Å²) in [6.07, 6.45) is 1.39. The van der Waals surface area contributed by atoms with Gasteiger partial charge in [0.25, 0.3) is 0 Å². The molecule has 0 aromatic heterocycles. The van der Waals surface area contributed by atoms with Crippen molar-refractivity contribution in [2.24, 2.45) is 0 Å². The Morgan fingerprint density at radius 3 is 2.44 bits per heavy atom. The fraction of sp³-hybridized carbons (Fsp3) is 0.500. The molecule has 0 aliphatic heterocycles. The van der Waals surface area contributed by atoms with Gasteiger partial charge >= 0.3 is 0 Å². The summed E-state index contributed by atoms with van der Waals surface area (Å²) < 4.78 is 5.34. The molecule has 0 saturated heterocycles. The van der Waals surface area contributed by atoms with Crippen molar-refractivity contribution in [2.75, 3.05) is 30.4 Å². The maximum Gasteiger partial charge on any atom is 0.229 e. The number of anilines is 2. The van der Waals surface area contributed by atoms with Gasteiger partial charge in [0.15, 0.2) is 0 Å². The number of hydrogen-bond donors (Lipinski definition) is 1. The first-order valence-corrected chi connectivity index (χ1v) is 6.42. The fourth-order valence-corrected chi connectivity index (χ4v) is 1.70. The van der Waals surface area contributed by atoms with Crippen LogP contribution >= 0.6 is 0 Å². The molecule has 1 aromatic carbocycles. The van der Waals surface area contributed by atoms with Crippen molar-refractivity contribution in [1.29, 1.82) is 0 Å². The predicted octanol–water partition coefficient (Wildman–Crippen LogP) is 2.44. The van der Waals surface area contributed by atoms with E-state index < -0.39 is 0 Å². The summed E-state index contributed by atoms with van der Waals surface area (Å²) in [7, 11) is 0. The molecule has 0 spiro atoms. The molecule has 0 heterocycles. The lowest BCUT2D eigenvalue weighted by Crippen LogP contribution is -2.31. The van der Waals surface area contributed by atoms with Gasteiger partial charge in [-0.2, -0.15) is 0 Å². The Morgan fingerprint density at radius 2 is 1.89 bits per heavy atom. The van der Waals surface area contributed by atoms with Gasteiger partial charge in [0.05, 0.1) is 13.0 Å². The van der Waals surface area contributed by atoms with Crippen LogP contribution in [0.15, 0.2) is 24.3 Å². The van der Waals surface area contributed by atoms with Crippen LogP contribution in [0.2, 0.25) is 0 Å². The van der Waals surface area contributed by atoms with Crippen molar-refractivity contribution in [3.8, 4) is 0 Å². The number of ether oxygens (including phenoxy) is 1. The van der Waals surface area contributed by atoms with Gasteiger partial charge in [0.1, 0.15) is 0 Å². The average Bonchev–Trinajstić information content (AvgIpc) is 2.38. The molecule has 1 rings (SSSR count). The minimum absolute atomic E-state index is 0.0818. The van der Waals surface area contributed by atoms with Crippen LogP contribution < -0.4 is 10.6 Å². The van der Waals surface area contributed by atoms with Crippen molar-refractivity contribution >= 4 is 17.3 Å². The van der Waals surface area contributed by atoms with E-state index in [0.29, 0.717) is 31.9 Å². The van der Waals surface area contributed by atoms with Crippen LogP contribution in [0.3, 0.4) is 0 Å². The highest BCUT2D eigenvalue weighted by Crippen LogP contribution is 2.17. The van der Waals surface area contributed by atoms with Crippen LogP contribution in [-0.4, -0.2) is 25.7 Å². The molecular formula is C14H22N2O2. The van der Waals surface area contributed by atoms with E-state index in [-0.39, 0.29) is 5.91 Å². The van der Waals surface area contributed by atoms with Crippen LogP contribution in [0.5, 0.6) is 0 Å². The molecule has 0 unspecified atom stereocenters. The van der Waals surface area contributed by atoms with Crippen molar-refractivity contribution in [2.45, 2.75) is 26.7 Å². The molecule has 2 N–H and O–H groups in total. The monoisotopic (exact) mass is 250 g/mol. The maximum absolute atomic E-state index is 12.0. The molecule has 0 aliphatic rings. The Kier molecular flexibility index (Phi) is 6.22. The number of hydrogen-bond acceptors (Lipinski definition) is 3. The number of amides is 1. The molecule has 0 atom stereocenters. The van der Waals surface area contributed by atoms with Gasteiger partial charge in [-0.05, 0) is 37.6 Å². The molecule has 4 nitrogen and oxygen atoms in total. The van der Waals surface area contributed by atoms with Crippen molar-refractivity contribution in [3.05, 3.63) is 24.3 Å². The first-order valence-electron chi connectivity index (χ1n) is 6.42. The summed E-state index contributed by atoms with van der Waals surface area (Å²) in [4.78, 5) is 13.8. The van der Waals surface area contributed by atoms with E-state index in [2.05, 4.69) is 6.92 Å². The number of nitrogens with zero attached hydrogens (tertiary/aromatic N) is 1. The number of carbonyl (C=O) groups is 1. The lowest BCUT2D eigenvalue weighted by atomic mass is 10.2. The van der Waals surface area contributed by atoms with Gasteiger partial charge in [-0.15, -0.1) is 0 Å². The molecule has 1 amide bonds. The SMILES string of the molecule is CCCOCCC(=O)N(CC)c1ccc(N)cc1. The molecule has 0 aliphatic carbocycles. The molecule has 4 heteroatoms.